The molecule has 8 heteroatoms. The number of fused-ring (bicyclic) bond motifs is 1. The molecule has 6 nitrogen and oxygen atoms in total. The Morgan fingerprint density at radius 2 is 2.10 bits per heavy atom. The van der Waals surface area contributed by atoms with Gasteiger partial charge in [-0.1, -0.05) is 23.5 Å². The van der Waals surface area contributed by atoms with Crippen molar-refractivity contribution in [3.8, 4) is 0 Å². The van der Waals surface area contributed by atoms with Gasteiger partial charge in [0.05, 0.1) is 11.4 Å². The maximum atomic E-state index is 12.5. The van der Waals surface area contributed by atoms with Crippen LogP contribution in [0.2, 0.25) is 0 Å². The molecule has 0 amide bonds. The minimum absolute atomic E-state index is 0.126. The molecule has 0 aliphatic heterocycles. The van der Waals surface area contributed by atoms with E-state index in [4.69, 9.17) is 5.73 Å². The lowest BCUT2D eigenvalue weighted by atomic mass is 10.1. The Labute approximate surface area is 125 Å². The number of thiazole rings is 1. The molecule has 0 spiro atoms. The van der Waals surface area contributed by atoms with Crippen molar-refractivity contribution in [2.75, 3.05) is 10.5 Å². The van der Waals surface area contributed by atoms with Crippen molar-refractivity contribution >= 4 is 43.0 Å². The van der Waals surface area contributed by atoms with E-state index in [1.807, 2.05) is 12.1 Å². The highest BCUT2D eigenvalue weighted by molar-refractivity contribution is 7.94. The second kappa shape index (κ2) is 4.97. The molecule has 3 N–H and O–H groups in total. The van der Waals surface area contributed by atoms with Crippen molar-refractivity contribution in [3.63, 3.8) is 0 Å². The third-order valence-corrected chi connectivity index (χ3v) is 5.90. The van der Waals surface area contributed by atoms with E-state index in [1.165, 1.54) is 0 Å². The minimum atomic E-state index is -3.72. The van der Waals surface area contributed by atoms with E-state index < -0.39 is 10.0 Å². The van der Waals surface area contributed by atoms with Gasteiger partial charge in [0.1, 0.15) is 0 Å². The number of nitrogens with one attached hydrogen (secondary N) is 1. The zero-order chi connectivity index (χ0) is 15.0. The first-order chi connectivity index (χ1) is 9.97. The van der Waals surface area contributed by atoms with Crippen molar-refractivity contribution in [1.29, 1.82) is 0 Å². The van der Waals surface area contributed by atoms with Gasteiger partial charge >= 0.3 is 0 Å². The zero-order valence-electron chi connectivity index (χ0n) is 11.1. The summed E-state index contributed by atoms with van der Waals surface area (Å²) in [4.78, 5) is 7.98. The Balaban J connectivity index is 2.08. The number of aromatic nitrogens is 2. The number of nitrogens with zero attached hydrogens (tertiary/aromatic N) is 2. The monoisotopic (exact) mass is 320 g/mol. The van der Waals surface area contributed by atoms with Gasteiger partial charge in [-0.3, -0.25) is 9.71 Å². The summed E-state index contributed by atoms with van der Waals surface area (Å²) in [7, 11) is -3.72. The summed E-state index contributed by atoms with van der Waals surface area (Å²) >= 11 is 0.947. The second-order valence-electron chi connectivity index (χ2n) is 4.43. The van der Waals surface area contributed by atoms with Crippen LogP contribution in [0.15, 0.2) is 40.9 Å². The summed E-state index contributed by atoms with van der Waals surface area (Å²) in [5.41, 5.74) is 6.44. The fraction of sp³-hybridized carbons (Fsp3) is 0.0769. The molecule has 0 aliphatic rings. The first kappa shape index (κ1) is 13.8. The van der Waals surface area contributed by atoms with Crippen molar-refractivity contribution in [2.45, 2.75) is 11.1 Å². The Bertz CT molecular complexity index is 914. The van der Waals surface area contributed by atoms with Gasteiger partial charge in [0, 0.05) is 17.8 Å². The molecule has 1 aromatic carbocycles. The van der Waals surface area contributed by atoms with Crippen LogP contribution >= 0.6 is 11.3 Å². The number of rotatable bonds is 3. The number of sulfonamides is 1. The third-order valence-electron chi connectivity index (χ3n) is 2.94. The summed E-state index contributed by atoms with van der Waals surface area (Å²) in [6.07, 6.45) is 3.29. The SMILES string of the molecule is Cc1nc(N)sc1S(=O)(=O)Nc1cccc2ccncc12. The van der Waals surface area contributed by atoms with E-state index in [2.05, 4.69) is 14.7 Å². The summed E-state index contributed by atoms with van der Waals surface area (Å²) in [5, 5.41) is 1.87. The largest absolute Gasteiger partial charge is 0.375 e. The molecule has 0 unspecified atom stereocenters. The Morgan fingerprint density at radius 1 is 1.29 bits per heavy atom. The molecular formula is C13H12N4O2S2. The highest BCUT2D eigenvalue weighted by Gasteiger charge is 2.22. The smallest absolute Gasteiger partial charge is 0.273 e. The molecule has 21 heavy (non-hydrogen) atoms. The molecule has 2 heterocycles. The van der Waals surface area contributed by atoms with Gasteiger partial charge in [0.2, 0.25) is 0 Å². The van der Waals surface area contributed by atoms with Crippen LogP contribution in [0.4, 0.5) is 10.8 Å². The molecule has 0 saturated carbocycles. The molecule has 0 atom stereocenters. The van der Waals surface area contributed by atoms with Crippen LogP contribution in [0.3, 0.4) is 0 Å². The first-order valence-corrected chi connectivity index (χ1v) is 8.36. The van der Waals surface area contributed by atoms with E-state index in [1.54, 1.807) is 31.5 Å². The lowest BCUT2D eigenvalue weighted by Crippen LogP contribution is -2.13. The molecule has 3 aromatic rings. The van der Waals surface area contributed by atoms with Gasteiger partial charge < -0.3 is 5.73 Å². The Hall–Kier alpha value is -2.19. The van der Waals surface area contributed by atoms with Gasteiger partial charge in [-0.2, -0.15) is 0 Å². The fourth-order valence-electron chi connectivity index (χ4n) is 2.05. The number of anilines is 2. The van der Waals surface area contributed by atoms with Gasteiger partial charge in [0.25, 0.3) is 10.0 Å². The predicted octanol–water partition coefficient (Wildman–Crippen LogP) is 2.38. The van der Waals surface area contributed by atoms with E-state index >= 15 is 0 Å². The fourth-order valence-corrected chi connectivity index (χ4v) is 4.43. The van der Waals surface area contributed by atoms with Crippen LogP contribution in [0.25, 0.3) is 10.8 Å². The van der Waals surface area contributed by atoms with Gasteiger partial charge in [-0.15, -0.1) is 0 Å². The van der Waals surface area contributed by atoms with Crippen LogP contribution in [0.5, 0.6) is 0 Å². The average Bonchev–Trinajstić information content (AvgIpc) is 2.79. The number of nitrogen functional groups attached to an aromatic ring is 1. The van der Waals surface area contributed by atoms with Crippen LogP contribution in [-0.4, -0.2) is 18.4 Å². The van der Waals surface area contributed by atoms with E-state index in [0.717, 1.165) is 22.1 Å². The molecule has 0 radical (unpaired) electrons. The number of benzene rings is 1. The normalized spacial score (nSPS) is 11.7. The number of nitrogens with two attached hydrogens (primary N) is 1. The van der Waals surface area contributed by atoms with E-state index in [0.29, 0.717) is 11.4 Å². The molecule has 2 aromatic heterocycles. The summed E-state index contributed by atoms with van der Waals surface area (Å²) in [5.74, 6) is 0. The Morgan fingerprint density at radius 3 is 2.81 bits per heavy atom. The van der Waals surface area contributed by atoms with E-state index in [-0.39, 0.29) is 9.34 Å². The molecule has 0 saturated heterocycles. The van der Waals surface area contributed by atoms with Gasteiger partial charge in [0.15, 0.2) is 9.34 Å². The standard InChI is InChI=1S/C13H12N4O2S2/c1-8-12(20-13(14)16-8)21(18,19)17-11-4-2-3-9-5-6-15-7-10(9)11/h2-7,17H,1H3,(H2,14,16). The molecule has 3 rings (SSSR count). The third kappa shape index (κ3) is 2.55. The van der Waals surface area contributed by atoms with E-state index in [9.17, 15) is 8.42 Å². The second-order valence-corrected chi connectivity index (χ2v) is 7.34. The van der Waals surface area contributed by atoms with Crippen molar-refractivity contribution in [3.05, 3.63) is 42.4 Å². The van der Waals surface area contributed by atoms with Gasteiger partial charge in [-0.25, -0.2) is 13.4 Å². The predicted molar refractivity (Wildman–Crippen MR) is 83.8 cm³/mol. The molecule has 0 aliphatic carbocycles. The molecule has 0 fully saturated rings. The van der Waals surface area contributed by atoms with Crippen LogP contribution in [0.1, 0.15) is 5.69 Å². The molecular weight excluding hydrogens is 308 g/mol. The van der Waals surface area contributed by atoms with Crippen molar-refractivity contribution in [1.82, 2.24) is 9.97 Å². The van der Waals surface area contributed by atoms with Crippen LogP contribution < -0.4 is 10.5 Å². The highest BCUT2D eigenvalue weighted by atomic mass is 32.2. The maximum Gasteiger partial charge on any atom is 0.273 e. The zero-order valence-corrected chi connectivity index (χ0v) is 12.7. The summed E-state index contributed by atoms with van der Waals surface area (Å²) < 4.78 is 27.6. The molecule has 108 valence electrons. The van der Waals surface area contributed by atoms with Gasteiger partial charge in [-0.05, 0) is 24.4 Å². The lowest BCUT2D eigenvalue weighted by Gasteiger charge is -2.09. The molecule has 0 bridgehead atoms. The number of pyridine rings is 1. The number of aryl methyl sites for hydroxylation is 1. The highest BCUT2D eigenvalue weighted by Crippen LogP contribution is 2.29. The summed E-state index contributed by atoms with van der Waals surface area (Å²) in [6, 6.07) is 7.20. The number of hydrogen-bond donors (Lipinski definition) is 2. The quantitative estimate of drug-likeness (QED) is 0.772. The first-order valence-electron chi connectivity index (χ1n) is 6.06. The Kier molecular flexibility index (Phi) is 3.26. The average molecular weight is 320 g/mol. The maximum absolute atomic E-state index is 12.5. The summed E-state index contributed by atoms with van der Waals surface area (Å²) in [6.45, 7) is 1.62. The minimum Gasteiger partial charge on any atom is -0.375 e. The van der Waals surface area contributed by atoms with Crippen molar-refractivity contribution < 1.29 is 8.42 Å². The van der Waals surface area contributed by atoms with Crippen LogP contribution in [0, 0.1) is 6.92 Å². The topological polar surface area (TPSA) is 98.0 Å². The lowest BCUT2D eigenvalue weighted by molar-refractivity contribution is 0.602. The van der Waals surface area contributed by atoms with Crippen molar-refractivity contribution in [2.24, 2.45) is 0 Å². The van der Waals surface area contributed by atoms with Crippen LogP contribution in [-0.2, 0) is 10.0 Å². The number of hydrogen-bond acceptors (Lipinski definition) is 6.